The predicted octanol–water partition coefficient (Wildman–Crippen LogP) is 5.17. The zero-order valence-electron chi connectivity index (χ0n) is 18.6. The van der Waals surface area contributed by atoms with Crippen molar-refractivity contribution in [2.24, 2.45) is 7.05 Å². The molecule has 0 atom stereocenters. The Kier molecular flexibility index (Phi) is 5.49. The second-order valence-electron chi connectivity index (χ2n) is 7.94. The number of benzene rings is 3. The number of nitrogens with one attached hydrogen (secondary N) is 2. The van der Waals surface area contributed by atoms with Crippen LogP contribution in [0.15, 0.2) is 66.7 Å². The third kappa shape index (κ3) is 3.94. The number of H-pyrrole nitrogens is 1. The number of tetrazole rings is 1. The molecule has 36 heavy (non-hydrogen) atoms. The lowest BCUT2D eigenvalue weighted by Crippen LogP contribution is -2.16. The van der Waals surface area contributed by atoms with Crippen LogP contribution >= 0.6 is 0 Å². The Morgan fingerprint density at radius 2 is 1.81 bits per heavy atom. The topological polar surface area (TPSA) is 112 Å². The van der Waals surface area contributed by atoms with E-state index in [2.05, 4.69) is 25.9 Å². The first-order valence-corrected chi connectivity index (χ1v) is 10.6. The molecule has 2 heterocycles. The lowest BCUT2D eigenvalue weighted by molar-refractivity contribution is -0.137. The highest BCUT2D eigenvalue weighted by Gasteiger charge is 2.34. The van der Waals surface area contributed by atoms with Gasteiger partial charge >= 0.3 is 6.18 Å². The fourth-order valence-electron chi connectivity index (χ4n) is 4.19. The first kappa shape index (κ1) is 22.8. The molecule has 0 saturated carbocycles. The van der Waals surface area contributed by atoms with E-state index in [4.69, 9.17) is 0 Å². The van der Waals surface area contributed by atoms with E-state index in [1.807, 2.05) is 6.07 Å². The van der Waals surface area contributed by atoms with Crippen LogP contribution in [0, 0.1) is 11.3 Å². The van der Waals surface area contributed by atoms with Crippen molar-refractivity contribution in [3.05, 3.63) is 83.6 Å². The second kappa shape index (κ2) is 8.66. The molecule has 8 nitrogen and oxygen atoms in total. The van der Waals surface area contributed by atoms with Crippen molar-refractivity contribution in [1.82, 2.24) is 25.2 Å². The summed E-state index contributed by atoms with van der Waals surface area (Å²) in [6.07, 6.45) is -4.54. The summed E-state index contributed by atoms with van der Waals surface area (Å²) in [7, 11) is 1.62. The Morgan fingerprint density at radius 1 is 1.03 bits per heavy atom. The summed E-state index contributed by atoms with van der Waals surface area (Å²) in [6, 6.07) is 18.6. The lowest BCUT2D eigenvalue weighted by atomic mass is 9.97. The lowest BCUT2D eigenvalue weighted by Gasteiger charge is -2.15. The van der Waals surface area contributed by atoms with Gasteiger partial charge in [0.05, 0.1) is 28.4 Å². The average molecular weight is 487 g/mol. The molecule has 0 radical (unpaired) electrons. The third-order valence-electron chi connectivity index (χ3n) is 5.79. The number of alkyl halides is 3. The molecule has 0 aliphatic rings. The van der Waals surface area contributed by atoms with E-state index in [-0.39, 0.29) is 17.1 Å². The molecule has 5 rings (SSSR count). The number of hydrogen-bond donors (Lipinski definition) is 2. The molecule has 0 spiro atoms. The highest BCUT2D eigenvalue weighted by atomic mass is 19.4. The van der Waals surface area contributed by atoms with Gasteiger partial charge in [-0.2, -0.15) is 23.6 Å². The number of fused-ring (bicyclic) bond motifs is 1. The van der Waals surface area contributed by atoms with E-state index in [1.165, 1.54) is 24.3 Å². The van der Waals surface area contributed by atoms with Gasteiger partial charge in [0, 0.05) is 23.6 Å². The highest BCUT2D eigenvalue weighted by molar-refractivity contribution is 6.09. The van der Waals surface area contributed by atoms with Crippen molar-refractivity contribution < 1.29 is 18.0 Å². The number of aryl methyl sites for hydroxylation is 1. The maximum absolute atomic E-state index is 13.7. The Bertz CT molecular complexity index is 1650. The van der Waals surface area contributed by atoms with Gasteiger partial charge < -0.3 is 9.88 Å². The summed E-state index contributed by atoms with van der Waals surface area (Å²) in [5, 5.41) is 26.3. The van der Waals surface area contributed by atoms with Gasteiger partial charge in [-0.15, -0.1) is 10.2 Å². The van der Waals surface area contributed by atoms with Crippen molar-refractivity contribution in [2.45, 2.75) is 6.18 Å². The smallest absolute Gasteiger partial charge is 0.339 e. The van der Waals surface area contributed by atoms with Crippen LogP contribution in [0.5, 0.6) is 0 Å². The standard InChI is InChI=1S/C25H16F3N7O/c1-35-21(24(36)30-20-10-9-14(13-29)11-18(20)23-31-33-34-32-23)12-15-5-4-7-17(22(15)35)16-6-2-3-8-19(16)25(26,27)28/h2-12H,1H3,(H,30,36)(H,31,32,33,34). The molecule has 3 aromatic carbocycles. The maximum Gasteiger partial charge on any atom is 0.417 e. The van der Waals surface area contributed by atoms with Crippen molar-refractivity contribution in [2.75, 3.05) is 5.32 Å². The molecule has 0 saturated heterocycles. The molecular weight excluding hydrogens is 471 g/mol. The number of aromatic nitrogens is 5. The Labute approximate surface area is 202 Å². The molecule has 178 valence electrons. The second-order valence-corrected chi connectivity index (χ2v) is 7.94. The van der Waals surface area contributed by atoms with E-state index < -0.39 is 17.6 Å². The number of nitriles is 1. The minimum Gasteiger partial charge on any atom is -0.339 e. The number of rotatable bonds is 4. The average Bonchev–Trinajstić information content (AvgIpc) is 3.52. The van der Waals surface area contributed by atoms with Crippen molar-refractivity contribution in [3.63, 3.8) is 0 Å². The quantitative estimate of drug-likeness (QED) is 0.363. The van der Waals surface area contributed by atoms with Crippen molar-refractivity contribution >= 4 is 22.5 Å². The largest absolute Gasteiger partial charge is 0.417 e. The molecule has 2 N–H and O–H groups in total. The number of anilines is 1. The summed E-state index contributed by atoms with van der Waals surface area (Å²) >= 11 is 0. The number of hydrogen-bond acceptors (Lipinski definition) is 5. The predicted molar refractivity (Wildman–Crippen MR) is 126 cm³/mol. The Morgan fingerprint density at radius 3 is 2.53 bits per heavy atom. The van der Waals surface area contributed by atoms with Gasteiger partial charge in [-0.1, -0.05) is 36.4 Å². The first-order chi connectivity index (χ1) is 17.3. The molecule has 0 unspecified atom stereocenters. The Balaban J connectivity index is 1.59. The number of halogens is 3. The van der Waals surface area contributed by atoms with Crippen LogP contribution in [0.25, 0.3) is 33.4 Å². The van der Waals surface area contributed by atoms with Gasteiger partial charge in [0.1, 0.15) is 5.69 Å². The Hall–Kier alpha value is -4.98. The summed E-state index contributed by atoms with van der Waals surface area (Å²) in [6.45, 7) is 0. The third-order valence-corrected chi connectivity index (χ3v) is 5.79. The maximum atomic E-state index is 13.7. The van der Waals surface area contributed by atoms with E-state index in [0.717, 1.165) is 6.07 Å². The molecule has 5 aromatic rings. The number of carbonyl (C=O) groups excluding carboxylic acids is 1. The van der Waals surface area contributed by atoms with Crippen molar-refractivity contribution in [1.29, 1.82) is 5.26 Å². The number of aromatic amines is 1. The fourth-order valence-corrected chi connectivity index (χ4v) is 4.19. The van der Waals surface area contributed by atoms with E-state index in [0.29, 0.717) is 33.3 Å². The van der Waals surface area contributed by atoms with Gasteiger partial charge in [-0.25, -0.2) is 0 Å². The van der Waals surface area contributed by atoms with Gasteiger partial charge in [0.2, 0.25) is 5.82 Å². The number of nitrogens with zero attached hydrogens (tertiary/aromatic N) is 5. The normalized spacial score (nSPS) is 11.4. The molecule has 0 aliphatic heterocycles. The van der Waals surface area contributed by atoms with Crippen molar-refractivity contribution in [3.8, 4) is 28.6 Å². The van der Waals surface area contributed by atoms with Crippen LogP contribution in [-0.4, -0.2) is 31.1 Å². The number of carbonyl (C=O) groups is 1. The van der Waals surface area contributed by atoms with Gasteiger partial charge in [0.15, 0.2) is 0 Å². The van der Waals surface area contributed by atoms with E-state index >= 15 is 0 Å². The van der Waals surface area contributed by atoms with Gasteiger partial charge in [-0.05, 0) is 41.1 Å². The van der Waals surface area contributed by atoms with Crippen LogP contribution < -0.4 is 5.32 Å². The fraction of sp³-hybridized carbons (Fsp3) is 0.0800. The van der Waals surface area contributed by atoms with Crippen LogP contribution in [-0.2, 0) is 13.2 Å². The van der Waals surface area contributed by atoms with Crippen LogP contribution in [0.3, 0.4) is 0 Å². The minimum atomic E-state index is -4.54. The van der Waals surface area contributed by atoms with Gasteiger partial charge in [0.25, 0.3) is 5.91 Å². The van der Waals surface area contributed by atoms with E-state index in [1.54, 1.807) is 48.0 Å². The number of amides is 1. The molecule has 2 aromatic heterocycles. The molecule has 0 bridgehead atoms. The zero-order valence-corrected chi connectivity index (χ0v) is 18.6. The SMILES string of the molecule is Cn1c(C(=O)Nc2ccc(C#N)cc2-c2nn[nH]n2)cc2cccc(-c3ccccc3C(F)(F)F)c21. The first-order valence-electron chi connectivity index (χ1n) is 10.6. The zero-order chi connectivity index (χ0) is 25.4. The van der Waals surface area contributed by atoms with Crippen LogP contribution in [0.1, 0.15) is 21.6 Å². The molecule has 0 fully saturated rings. The van der Waals surface area contributed by atoms with E-state index in [9.17, 15) is 23.2 Å². The molecule has 1 amide bonds. The summed E-state index contributed by atoms with van der Waals surface area (Å²) in [5.74, 6) is -0.316. The number of para-hydroxylation sites is 1. The molecule has 0 aliphatic carbocycles. The summed E-state index contributed by atoms with van der Waals surface area (Å²) in [5.41, 5.74) is 1.39. The minimum absolute atomic E-state index is 0.0234. The molecular formula is C25H16F3N7O. The van der Waals surface area contributed by atoms with Gasteiger partial charge in [-0.3, -0.25) is 4.79 Å². The summed E-state index contributed by atoms with van der Waals surface area (Å²) < 4.78 is 42.7. The van der Waals surface area contributed by atoms with Crippen LogP contribution in [0.2, 0.25) is 0 Å². The molecule has 11 heteroatoms. The van der Waals surface area contributed by atoms with Crippen LogP contribution in [0.4, 0.5) is 18.9 Å². The monoisotopic (exact) mass is 487 g/mol. The summed E-state index contributed by atoms with van der Waals surface area (Å²) in [4.78, 5) is 13.3. The highest BCUT2D eigenvalue weighted by Crippen LogP contribution is 2.40.